The lowest BCUT2D eigenvalue weighted by Gasteiger charge is -2.20. The second-order valence-electron chi connectivity index (χ2n) is 6.97. The molecule has 2 atom stereocenters. The van der Waals surface area contributed by atoms with Gasteiger partial charge >= 0.3 is 0 Å². The zero-order chi connectivity index (χ0) is 19.0. The van der Waals surface area contributed by atoms with E-state index in [1.807, 2.05) is 0 Å². The molecule has 0 saturated carbocycles. The van der Waals surface area contributed by atoms with E-state index < -0.39 is 0 Å². The third kappa shape index (κ3) is 22.5. The lowest BCUT2D eigenvalue weighted by molar-refractivity contribution is 0.475. The summed E-state index contributed by atoms with van der Waals surface area (Å²) in [6.45, 7) is 4.73. The normalized spacial score (nSPS) is 11.1. The highest BCUT2D eigenvalue weighted by Gasteiger charge is 2.11. The minimum Gasteiger partial charge on any atom is -0.330 e. The molecule has 0 amide bonds. The van der Waals surface area contributed by atoms with Crippen LogP contribution in [0.2, 0.25) is 0 Å². The van der Waals surface area contributed by atoms with Crippen molar-refractivity contribution in [3.8, 4) is 0 Å². The molecule has 12 heteroatoms. The summed E-state index contributed by atoms with van der Waals surface area (Å²) >= 11 is 0. The first-order chi connectivity index (χ1) is 12.7. The fourth-order valence-corrected chi connectivity index (χ4v) is 3.22. The highest BCUT2D eigenvalue weighted by atomic mass is 35.5. The maximum atomic E-state index is 5.78. The van der Waals surface area contributed by atoms with Crippen molar-refractivity contribution in [2.45, 2.75) is 50.6 Å². The zero-order valence-corrected chi connectivity index (χ0v) is 23.6. The Morgan fingerprint density at radius 1 is 0.594 bits per heavy atom. The van der Waals surface area contributed by atoms with Gasteiger partial charge in [0.15, 0.2) is 0 Å². The number of benzene rings is 1. The smallest absolute Gasteiger partial charge is 0.0119 e. The summed E-state index contributed by atoms with van der Waals surface area (Å²) < 4.78 is 0. The molecule has 0 saturated heterocycles. The lowest BCUT2D eigenvalue weighted by atomic mass is 9.97. The van der Waals surface area contributed by atoms with E-state index in [9.17, 15) is 0 Å². The van der Waals surface area contributed by atoms with E-state index in [0.717, 1.165) is 64.7 Å². The summed E-state index contributed by atoms with van der Waals surface area (Å²) in [6, 6.07) is 9.70. The second kappa shape index (κ2) is 31.7. The third-order valence-electron chi connectivity index (χ3n) is 4.61. The molecule has 2 unspecified atom stereocenters. The quantitative estimate of drug-likeness (QED) is 0.166. The van der Waals surface area contributed by atoms with Gasteiger partial charge < -0.3 is 33.6 Å². The molecule has 1 aromatic rings. The first kappa shape index (κ1) is 46.1. The lowest BCUT2D eigenvalue weighted by Crippen LogP contribution is -2.35. The SMILES string of the molecule is Cl.Cl.Cl.Cl.Cl.Cl.NCCCNC(CCN)Cc1cccc(CC(CCN)NCCCN)c1. The molecule has 1 rings (SSSR count). The van der Waals surface area contributed by atoms with Gasteiger partial charge in [-0.25, -0.2) is 0 Å². The standard InChI is InChI=1S/C20H40N6.6ClH/c21-8-2-12-25-19(6-10-23)15-17-4-1-5-18(14-17)16-20(7-11-24)26-13-3-9-22;;;;;;/h1,4-5,14,19-20,25-26H,2-3,6-13,15-16,21-24H2;6*1H. The van der Waals surface area contributed by atoms with Gasteiger partial charge in [0.2, 0.25) is 0 Å². The number of hydrogen-bond donors (Lipinski definition) is 6. The maximum Gasteiger partial charge on any atom is 0.0119 e. The average molecular weight is 583 g/mol. The number of nitrogens with one attached hydrogen (secondary N) is 2. The van der Waals surface area contributed by atoms with Crippen molar-refractivity contribution in [3.63, 3.8) is 0 Å². The fourth-order valence-electron chi connectivity index (χ4n) is 3.22. The van der Waals surface area contributed by atoms with Crippen LogP contribution >= 0.6 is 74.4 Å². The molecule has 0 bridgehead atoms. The van der Waals surface area contributed by atoms with Crippen molar-refractivity contribution in [3.05, 3.63) is 35.4 Å². The first-order valence-electron chi connectivity index (χ1n) is 10.1. The Kier molecular flexibility index (Phi) is 45.7. The minimum atomic E-state index is 0. The first-order valence-corrected chi connectivity index (χ1v) is 10.1. The van der Waals surface area contributed by atoms with Gasteiger partial charge in [0.05, 0.1) is 0 Å². The van der Waals surface area contributed by atoms with E-state index >= 15 is 0 Å². The Labute approximate surface area is 232 Å². The highest BCUT2D eigenvalue weighted by Crippen LogP contribution is 2.12. The Balaban J connectivity index is -0.000000282. The van der Waals surface area contributed by atoms with Crippen LogP contribution < -0.4 is 33.6 Å². The van der Waals surface area contributed by atoms with Crippen molar-refractivity contribution in [1.82, 2.24) is 10.6 Å². The molecule has 0 aromatic heterocycles. The van der Waals surface area contributed by atoms with Crippen molar-refractivity contribution in [2.75, 3.05) is 39.3 Å². The van der Waals surface area contributed by atoms with Gasteiger partial charge in [-0.15, -0.1) is 74.4 Å². The Bertz CT molecular complexity index is 439. The molecule has 0 heterocycles. The predicted octanol–water partition coefficient (Wildman–Crippen LogP) is 2.61. The van der Waals surface area contributed by atoms with Crippen molar-refractivity contribution in [2.24, 2.45) is 22.9 Å². The highest BCUT2D eigenvalue weighted by molar-refractivity contribution is 5.86. The summed E-state index contributed by atoms with van der Waals surface area (Å²) in [6.07, 6.45) is 5.94. The Hall–Kier alpha value is 0.720. The van der Waals surface area contributed by atoms with E-state index in [0.29, 0.717) is 25.2 Å². The third-order valence-corrected chi connectivity index (χ3v) is 4.61. The average Bonchev–Trinajstić information content (AvgIpc) is 2.63. The van der Waals surface area contributed by atoms with Crippen LogP contribution in [0.3, 0.4) is 0 Å². The summed E-state index contributed by atoms with van der Waals surface area (Å²) in [5.41, 5.74) is 25.5. The molecule has 0 spiro atoms. The Morgan fingerprint density at radius 2 is 0.969 bits per heavy atom. The van der Waals surface area contributed by atoms with Crippen molar-refractivity contribution < 1.29 is 0 Å². The molecule has 0 fully saturated rings. The van der Waals surface area contributed by atoms with Crippen LogP contribution in [0, 0.1) is 0 Å². The van der Waals surface area contributed by atoms with Crippen LogP contribution in [-0.2, 0) is 12.8 Å². The van der Waals surface area contributed by atoms with Crippen molar-refractivity contribution >= 4 is 74.4 Å². The van der Waals surface area contributed by atoms with E-state index in [1.165, 1.54) is 11.1 Å². The molecule has 32 heavy (non-hydrogen) atoms. The van der Waals surface area contributed by atoms with Gasteiger partial charge in [0.25, 0.3) is 0 Å². The molecule has 0 aliphatic rings. The fraction of sp³-hybridized carbons (Fsp3) is 0.700. The van der Waals surface area contributed by atoms with Gasteiger partial charge in [0.1, 0.15) is 0 Å². The van der Waals surface area contributed by atoms with Crippen LogP contribution in [0.4, 0.5) is 0 Å². The molecule has 10 N–H and O–H groups in total. The number of hydrogen-bond acceptors (Lipinski definition) is 6. The van der Waals surface area contributed by atoms with Crippen LogP contribution in [0.15, 0.2) is 24.3 Å². The molecule has 1 aromatic carbocycles. The summed E-state index contributed by atoms with van der Waals surface area (Å²) in [5.74, 6) is 0. The van der Waals surface area contributed by atoms with E-state index in [2.05, 4.69) is 34.9 Å². The van der Waals surface area contributed by atoms with Crippen LogP contribution in [0.1, 0.15) is 36.8 Å². The summed E-state index contributed by atoms with van der Waals surface area (Å²) in [4.78, 5) is 0. The summed E-state index contributed by atoms with van der Waals surface area (Å²) in [5, 5.41) is 7.17. The molecule has 6 nitrogen and oxygen atoms in total. The van der Waals surface area contributed by atoms with Crippen LogP contribution in [0.5, 0.6) is 0 Å². The van der Waals surface area contributed by atoms with E-state index in [4.69, 9.17) is 22.9 Å². The molecule has 198 valence electrons. The molecular formula is C20H46Cl6N6. The van der Waals surface area contributed by atoms with E-state index in [1.54, 1.807) is 0 Å². The van der Waals surface area contributed by atoms with Crippen LogP contribution in [-0.4, -0.2) is 51.4 Å². The molecule has 0 aliphatic carbocycles. The molecular weight excluding hydrogens is 537 g/mol. The van der Waals surface area contributed by atoms with Crippen molar-refractivity contribution in [1.29, 1.82) is 0 Å². The van der Waals surface area contributed by atoms with Gasteiger partial charge in [-0.3, -0.25) is 0 Å². The predicted molar refractivity (Wildman–Crippen MR) is 156 cm³/mol. The zero-order valence-electron chi connectivity index (χ0n) is 18.7. The largest absolute Gasteiger partial charge is 0.330 e. The van der Waals surface area contributed by atoms with Gasteiger partial charge in [-0.2, -0.15) is 0 Å². The monoisotopic (exact) mass is 580 g/mol. The van der Waals surface area contributed by atoms with Gasteiger partial charge in [0, 0.05) is 12.1 Å². The Morgan fingerprint density at radius 3 is 1.28 bits per heavy atom. The minimum absolute atomic E-state index is 0. The van der Waals surface area contributed by atoms with Crippen LogP contribution in [0.25, 0.3) is 0 Å². The topological polar surface area (TPSA) is 128 Å². The molecule has 0 radical (unpaired) electrons. The van der Waals surface area contributed by atoms with E-state index in [-0.39, 0.29) is 74.4 Å². The molecule has 0 aliphatic heterocycles. The van der Waals surface area contributed by atoms with Gasteiger partial charge in [-0.1, -0.05) is 24.3 Å². The van der Waals surface area contributed by atoms with Gasteiger partial charge in [-0.05, 0) is 88.9 Å². The number of halogens is 6. The second-order valence-corrected chi connectivity index (χ2v) is 6.97. The number of rotatable bonds is 16. The summed E-state index contributed by atoms with van der Waals surface area (Å²) in [7, 11) is 0. The number of nitrogens with two attached hydrogens (primary N) is 4. The maximum absolute atomic E-state index is 5.78.